The predicted molar refractivity (Wildman–Crippen MR) is 200 cm³/mol. The molecule has 0 unspecified atom stereocenters. The van der Waals surface area contributed by atoms with Crippen LogP contribution in [0.5, 0.6) is 5.75 Å². The lowest BCUT2D eigenvalue weighted by atomic mass is 9.95. The van der Waals surface area contributed by atoms with Gasteiger partial charge in [-0.1, -0.05) is 86.6 Å². The summed E-state index contributed by atoms with van der Waals surface area (Å²) in [6, 6.07) is 32.7. The van der Waals surface area contributed by atoms with Gasteiger partial charge in [-0.2, -0.15) is 0 Å². The van der Waals surface area contributed by atoms with Crippen LogP contribution in [0.4, 0.5) is 10.1 Å². The highest BCUT2D eigenvalue weighted by Crippen LogP contribution is 2.35. The molecule has 2 N–H and O–H groups in total. The van der Waals surface area contributed by atoms with Crippen molar-refractivity contribution in [1.29, 1.82) is 0 Å². The van der Waals surface area contributed by atoms with Crippen LogP contribution in [0, 0.1) is 5.82 Å². The van der Waals surface area contributed by atoms with Gasteiger partial charge < -0.3 is 20.3 Å². The standard InChI is InChI=1S/C41H37FN4O4S/c1-25(2)27-15-17-28(18-16-27)36-32(11-8-12-34(36)50-4)38(47)43-31-21-22-33-35(23-31)51-40(44-33)39(48)45-37(29-9-6-5-7-10-29)41(49)46(3)24-26-13-19-30(42)20-14-26/h5-23,25,37H,24H2,1-4H3,(H,43,47)(H,45,48)/t37-/m0/s1. The fourth-order valence-electron chi connectivity index (χ4n) is 5.81. The van der Waals surface area contributed by atoms with Crippen molar-refractivity contribution in [1.82, 2.24) is 15.2 Å². The molecule has 0 fully saturated rings. The van der Waals surface area contributed by atoms with Crippen LogP contribution in [0.1, 0.15) is 62.7 Å². The van der Waals surface area contributed by atoms with Crippen LogP contribution in [0.3, 0.4) is 0 Å². The molecule has 1 atom stereocenters. The molecular formula is C41H37FN4O4S. The van der Waals surface area contributed by atoms with Crippen molar-refractivity contribution >= 4 is 45.0 Å². The number of halogens is 1. The Morgan fingerprint density at radius 1 is 0.843 bits per heavy atom. The first-order valence-electron chi connectivity index (χ1n) is 16.5. The summed E-state index contributed by atoms with van der Waals surface area (Å²) in [7, 11) is 3.22. The predicted octanol–water partition coefficient (Wildman–Crippen LogP) is 8.62. The number of hydrogen-bond donors (Lipinski definition) is 2. The molecule has 0 spiro atoms. The normalized spacial score (nSPS) is 11.6. The molecule has 3 amide bonds. The molecule has 0 aliphatic rings. The summed E-state index contributed by atoms with van der Waals surface area (Å²) < 4.78 is 19.8. The number of carbonyl (C=O) groups is 3. The lowest BCUT2D eigenvalue weighted by Gasteiger charge is -2.25. The summed E-state index contributed by atoms with van der Waals surface area (Å²) in [5, 5.41) is 6.04. The zero-order valence-corrected chi connectivity index (χ0v) is 29.5. The fraction of sp³-hybridized carbons (Fsp3) is 0.171. The van der Waals surface area contributed by atoms with E-state index in [-0.39, 0.29) is 29.2 Å². The Labute approximate surface area is 299 Å². The largest absolute Gasteiger partial charge is 0.496 e. The molecule has 8 nitrogen and oxygen atoms in total. The lowest BCUT2D eigenvalue weighted by molar-refractivity contribution is -0.132. The minimum Gasteiger partial charge on any atom is -0.496 e. The SMILES string of the molecule is COc1cccc(C(=O)Nc2ccc3nc(C(=O)N[C@H](C(=O)N(C)Cc4ccc(F)cc4)c4ccccc4)sc3c2)c1-c1ccc(C(C)C)cc1. The van der Waals surface area contributed by atoms with E-state index in [9.17, 15) is 18.8 Å². The van der Waals surface area contributed by atoms with E-state index in [1.165, 1.54) is 22.6 Å². The molecule has 0 saturated heterocycles. The number of likely N-dealkylation sites (N-methyl/N-ethyl adjacent to an activating group) is 1. The second-order valence-electron chi connectivity index (χ2n) is 12.5. The molecule has 51 heavy (non-hydrogen) atoms. The van der Waals surface area contributed by atoms with Gasteiger partial charge in [0.15, 0.2) is 5.01 Å². The van der Waals surface area contributed by atoms with Gasteiger partial charge in [0.1, 0.15) is 17.6 Å². The summed E-state index contributed by atoms with van der Waals surface area (Å²) in [4.78, 5) is 47.0. The molecule has 0 radical (unpaired) electrons. The van der Waals surface area contributed by atoms with Crippen molar-refractivity contribution in [2.45, 2.75) is 32.4 Å². The molecule has 6 aromatic rings. The number of nitrogens with zero attached hydrogens (tertiary/aromatic N) is 2. The van der Waals surface area contributed by atoms with Crippen LogP contribution in [-0.4, -0.2) is 41.8 Å². The summed E-state index contributed by atoms with van der Waals surface area (Å²) in [6.45, 7) is 4.50. The third kappa shape index (κ3) is 7.97. The van der Waals surface area contributed by atoms with Crippen LogP contribution in [0.15, 0.2) is 115 Å². The Bertz CT molecular complexity index is 2180. The van der Waals surface area contributed by atoms with Crippen LogP contribution in [-0.2, 0) is 11.3 Å². The zero-order valence-electron chi connectivity index (χ0n) is 28.6. The van der Waals surface area contributed by atoms with Crippen LogP contribution >= 0.6 is 11.3 Å². The molecule has 1 heterocycles. The number of anilines is 1. The third-order valence-electron chi connectivity index (χ3n) is 8.56. The summed E-state index contributed by atoms with van der Waals surface area (Å²) in [6.07, 6.45) is 0. The highest BCUT2D eigenvalue weighted by molar-refractivity contribution is 7.20. The molecule has 5 aromatic carbocycles. The number of thiazole rings is 1. The zero-order chi connectivity index (χ0) is 36.1. The molecule has 1 aromatic heterocycles. The molecular weight excluding hydrogens is 664 g/mol. The van der Waals surface area contributed by atoms with Gasteiger partial charge in [0, 0.05) is 24.8 Å². The lowest BCUT2D eigenvalue weighted by Crippen LogP contribution is -2.41. The topological polar surface area (TPSA) is 101 Å². The van der Waals surface area contributed by atoms with Gasteiger partial charge in [0.25, 0.3) is 11.8 Å². The number of methoxy groups -OCH3 is 1. The molecule has 0 aliphatic carbocycles. The van der Waals surface area contributed by atoms with E-state index in [0.717, 1.165) is 22.5 Å². The minimum atomic E-state index is -0.982. The number of nitrogens with one attached hydrogen (secondary N) is 2. The second-order valence-corrected chi connectivity index (χ2v) is 13.5. The second kappa shape index (κ2) is 15.3. The number of hydrogen-bond acceptors (Lipinski definition) is 6. The van der Waals surface area contributed by atoms with E-state index in [1.807, 2.05) is 24.3 Å². The highest BCUT2D eigenvalue weighted by atomic mass is 32.1. The van der Waals surface area contributed by atoms with Gasteiger partial charge in [0.05, 0.1) is 22.9 Å². The minimum absolute atomic E-state index is 0.170. The monoisotopic (exact) mass is 700 g/mol. The first kappa shape index (κ1) is 35.0. The van der Waals surface area contributed by atoms with Crippen molar-refractivity contribution in [2.24, 2.45) is 0 Å². The Hall–Kier alpha value is -5.87. The van der Waals surface area contributed by atoms with Crippen LogP contribution in [0.2, 0.25) is 0 Å². The Balaban J connectivity index is 1.21. The number of ether oxygens (including phenoxy) is 1. The Morgan fingerprint density at radius 2 is 1.57 bits per heavy atom. The molecule has 0 bridgehead atoms. The summed E-state index contributed by atoms with van der Waals surface area (Å²) >= 11 is 1.16. The van der Waals surface area contributed by atoms with E-state index < -0.39 is 11.9 Å². The fourth-order valence-corrected chi connectivity index (χ4v) is 6.72. The highest BCUT2D eigenvalue weighted by Gasteiger charge is 2.28. The van der Waals surface area contributed by atoms with E-state index in [4.69, 9.17) is 4.74 Å². The van der Waals surface area contributed by atoms with E-state index in [1.54, 1.807) is 80.9 Å². The number of fused-ring (bicyclic) bond motifs is 1. The average molecular weight is 701 g/mol. The van der Waals surface area contributed by atoms with Crippen LogP contribution < -0.4 is 15.4 Å². The number of benzene rings is 5. The Morgan fingerprint density at radius 3 is 2.25 bits per heavy atom. The average Bonchev–Trinajstić information content (AvgIpc) is 3.58. The molecule has 10 heteroatoms. The first-order valence-corrected chi connectivity index (χ1v) is 17.3. The smallest absolute Gasteiger partial charge is 0.281 e. The molecule has 6 rings (SSSR count). The van der Waals surface area contributed by atoms with Crippen LogP contribution in [0.25, 0.3) is 21.3 Å². The number of aromatic nitrogens is 1. The maximum Gasteiger partial charge on any atom is 0.281 e. The summed E-state index contributed by atoms with van der Waals surface area (Å²) in [5.74, 6) is -0.556. The van der Waals surface area contributed by atoms with E-state index >= 15 is 0 Å². The number of rotatable bonds is 11. The van der Waals surface area contributed by atoms with Gasteiger partial charge in [-0.15, -0.1) is 11.3 Å². The molecule has 0 saturated carbocycles. The Kier molecular flexibility index (Phi) is 10.5. The van der Waals surface area contributed by atoms with Gasteiger partial charge in [-0.25, -0.2) is 9.37 Å². The first-order chi connectivity index (χ1) is 24.6. The maximum atomic E-state index is 13.7. The number of carbonyl (C=O) groups excluding carboxylic acids is 3. The van der Waals surface area contributed by atoms with Gasteiger partial charge in [-0.05, 0) is 70.6 Å². The van der Waals surface area contributed by atoms with E-state index in [0.29, 0.717) is 44.3 Å². The quantitative estimate of drug-likeness (QED) is 0.141. The van der Waals surface area contributed by atoms with Crippen molar-refractivity contribution in [3.63, 3.8) is 0 Å². The third-order valence-corrected chi connectivity index (χ3v) is 9.58. The van der Waals surface area contributed by atoms with E-state index in [2.05, 4.69) is 41.6 Å². The molecule has 258 valence electrons. The van der Waals surface area contributed by atoms with Gasteiger partial charge >= 0.3 is 0 Å². The summed E-state index contributed by atoms with van der Waals surface area (Å²) in [5.41, 5.74) is 5.68. The number of amides is 3. The van der Waals surface area contributed by atoms with Crippen molar-refractivity contribution in [2.75, 3.05) is 19.5 Å². The maximum absolute atomic E-state index is 13.7. The molecule has 0 aliphatic heterocycles. The van der Waals surface area contributed by atoms with Crippen molar-refractivity contribution in [3.05, 3.63) is 148 Å². The van der Waals surface area contributed by atoms with Crippen molar-refractivity contribution in [3.8, 4) is 16.9 Å². The van der Waals surface area contributed by atoms with Crippen molar-refractivity contribution < 1.29 is 23.5 Å². The van der Waals surface area contributed by atoms with Gasteiger partial charge in [-0.3, -0.25) is 14.4 Å². The van der Waals surface area contributed by atoms with Gasteiger partial charge in [0.2, 0.25) is 5.91 Å².